The van der Waals surface area contributed by atoms with Crippen molar-refractivity contribution < 1.29 is 4.79 Å². The van der Waals surface area contributed by atoms with Crippen LogP contribution in [0, 0.1) is 0 Å². The molecule has 1 aromatic carbocycles. The van der Waals surface area contributed by atoms with Crippen LogP contribution < -0.4 is 11.1 Å². The first-order valence-corrected chi connectivity index (χ1v) is 7.13. The number of nitrogens with one attached hydrogen (secondary N) is 1. The topological polar surface area (TPSA) is 79.8 Å². The van der Waals surface area contributed by atoms with Crippen LogP contribution in [0.1, 0.15) is 17.5 Å². The lowest BCUT2D eigenvalue weighted by molar-refractivity contribution is -0.123. The van der Waals surface area contributed by atoms with E-state index in [9.17, 15) is 4.79 Å². The molecular weight excluding hydrogens is 264 g/mol. The molecule has 1 spiro atoms. The van der Waals surface area contributed by atoms with Crippen molar-refractivity contribution in [3.63, 3.8) is 0 Å². The number of dihydropyridines is 1. The number of hydrogen-bond acceptors (Lipinski definition) is 4. The molecule has 3 aliphatic rings. The number of nitrogen functional groups attached to an aromatic ring is 1. The van der Waals surface area contributed by atoms with Crippen molar-refractivity contribution in [1.29, 1.82) is 0 Å². The fourth-order valence-corrected chi connectivity index (χ4v) is 3.28. The van der Waals surface area contributed by atoms with E-state index >= 15 is 0 Å². The van der Waals surface area contributed by atoms with Crippen molar-refractivity contribution in [2.75, 3.05) is 5.73 Å². The minimum Gasteiger partial charge on any atom is -0.399 e. The Kier molecular flexibility index (Phi) is 2.51. The molecule has 0 saturated heterocycles. The maximum Gasteiger partial charge on any atom is 0.254 e. The van der Waals surface area contributed by atoms with Gasteiger partial charge >= 0.3 is 0 Å². The number of carbonyl (C=O) groups excluding carboxylic acids is 1. The van der Waals surface area contributed by atoms with Crippen LogP contribution in [0.3, 0.4) is 0 Å². The number of anilines is 1. The Balaban J connectivity index is 1.67. The van der Waals surface area contributed by atoms with Gasteiger partial charge in [0, 0.05) is 24.7 Å². The van der Waals surface area contributed by atoms with Crippen LogP contribution >= 0.6 is 0 Å². The summed E-state index contributed by atoms with van der Waals surface area (Å²) in [5, 5.41) is 2.94. The molecular formula is C16H16N4O. The third kappa shape index (κ3) is 1.88. The molecule has 5 heteroatoms. The van der Waals surface area contributed by atoms with Crippen molar-refractivity contribution >= 4 is 23.6 Å². The van der Waals surface area contributed by atoms with Crippen LogP contribution in [0.4, 0.5) is 5.69 Å². The number of allylic oxidation sites excluding steroid dienone is 1. The fourth-order valence-electron chi connectivity index (χ4n) is 3.28. The zero-order valence-electron chi connectivity index (χ0n) is 11.5. The summed E-state index contributed by atoms with van der Waals surface area (Å²) in [7, 11) is 0. The molecule has 3 N–H and O–H groups in total. The molecule has 1 aliphatic carbocycles. The largest absolute Gasteiger partial charge is 0.399 e. The van der Waals surface area contributed by atoms with Crippen molar-refractivity contribution in [1.82, 2.24) is 5.32 Å². The molecule has 5 nitrogen and oxygen atoms in total. The molecule has 0 saturated carbocycles. The first-order valence-electron chi connectivity index (χ1n) is 7.13. The Labute approximate surface area is 122 Å². The predicted molar refractivity (Wildman–Crippen MR) is 82.6 cm³/mol. The van der Waals surface area contributed by atoms with Crippen LogP contribution in [0.15, 0.2) is 40.3 Å². The molecule has 21 heavy (non-hydrogen) atoms. The Morgan fingerprint density at radius 2 is 2.14 bits per heavy atom. The monoisotopic (exact) mass is 280 g/mol. The van der Waals surface area contributed by atoms with E-state index in [4.69, 9.17) is 10.7 Å². The van der Waals surface area contributed by atoms with Gasteiger partial charge in [-0.15, -0.1) is 0 Å². The van der Waals surface area contributed by atoms with Crippen molar-refractivity contribution in [2.45, 2.75) is 30.8 Å². The molecule has 0 bridgehead atoms. The van der Waals surface area contributed by atoms with Gasteiger partial charge in [0.2, 0.25) is 0 Å². The summed E-state index contributed by atoms with van der Waals surface area (Å²) in [6.45, 7) is 0. The van der Waals surface area contributed by atoms with Crippen LogP contribution in [-0.4, -0.2) is 29.5 Å². The Hall–Kier alpha value is -2.43. The molecule has 1 aromatic rings. The summed E-state index contributed by atoms with van der Waals surface area (Å²) in [6, 6.07) is 5.77. The highest BCUT2D eigenvalue weighted by Crippen LogP contribution is 2.37. The van der Waals surface area contributed by atoms with E-state index in [2.05, 4.69) is 10.3 Å². The van der Waals surface area contributed by atoms with E-state index in [0.717, 1.165) is 23.2 Å². The summed E-state index contributed by atoms with van der Waals surface area (Å²) in [5.41, 5.74) is 8.16. The normalized spacial score (nSPS) is 29.6. The van der Waals surface area contributed by atoms with Gasteiger partial charge in [-0.1, -0.05) is 12.1 Å². The molecule has 2 heterocycles. The third-order valence-corrected chi connectivity index (χ3v) is 4.36. The lowest BCUT2D eigenvalue weighted by atomic mass is 9.97. The van der Waals surface area contributed by atoms with E-state index in [1.807, 2.05) is 30.4 Å². The van der Waals surface area contributed by atoms with Gasteiger partial charge in [0.25, 0.3) is 5.91 Å². The number of benzene rings is 1. The summed E-state index contributed by atoms with van der Waals surface area (Å²) in [5.74, 6) is 0.679. The first kappa shape index (κ1) is 12.3. The lowest BCUT2D eigenvalue weighted by Gasteiger charge is -2.15. The molecule has 0 aromatic heterocycles. The number of aliphatic imine (C=N–C) groups is 2. The van der Waals surface area contributed by atoms with Gasteiger partial charge in [0.05, 0.1) is 0 Å². The highest BCUT2D eigenvalue weighted by atomic mass is 16.2. The number of rotatable bonds is 1. The summed E-state index contributed by atoms with van der Waals surface area (Å²) < 4.78 is 0. The van der Waals surface area contributed by atoms with Gasteiger partial charge in [-0.2, -0.15) is 0 Å². The fraction of sp³-hybridized carbons (Fsp3) is 0.312. The van der Waals surface area contributed by atoms with E-state index in [0.29, 0.717) is 18.7 Å². The Morgan fingerprint density at radius 1 is 1.29 bits per heavy atom. The van der Waals surface area contributed by atoms with Crippen LogP contribution in [0.2, 0.25) is 0 Å². The highest BCUT2D eigenvalue weighted by molar-refractivity contribution is 6.11. The Bertz CT molecular complexity index is 719. The summed E-state index contributed by atoms with van der Waals surface area (Å²) in [4.78, 5) is 21.6. The zero-order chi connectivity index (χ0) is 14.4. The molecule has 4 rings (SSSR count). The first-order chi connectivity index (χ1) is 10.2. The maximum atomic E-state index is 12.5. The van der Waals surface area contributed by atoms with Gasteiger partial charge < -0.3 is 11.1 Å². The molecule has 1 amide bonds. The number of amides is 1. The number of hydrogen-bond donors (Lipinski definition) is 2. The van der Waals surface area contributed by atoms with Gasteiger partial charge in [-0.3, -0.25) is 14.8 Å². The summed E-state index contributed by atoms with van der Waals surface area (Å²) >= 11 is 0. The second kappa shape index (κ2) is 4.28. The minimum absolute atomic E-state index is 0.0166. The SMILES string of the molecule is Nc1ccc2c(c1)CC1(C2)N=C(C2CC=CC=N2)NC1=O. The van der Waals surface area contributed by atoms with E-state index in [1.54, 1.807) is 6.21 Å². The highest BCUT2D eigenvalue weighted by Gasteiger charge is 2.48. The number of carbonyl (C=O) groups is 1. The van der Waals surface area contributed by atoms with Crippen molar-refractivity contribution in [3.8, 4) is 0 Å². The maximum absolute atomic E-state index is 12.5. The third-order valence-electron chi connectivity index (χ3n) is 4.36. The molecule has 2 atom stereocenters. The smallest absolute Gasteiger partial charge is 0.254 e. The molecule has 2 unspecified atom stereocenters. The molecule has 0 radical (unpaired) electrons. The number of nitrogens with two attached hydrogens (primary N) is 1. The Morgan fingerprint density at radius 3 is 2.95 bits per heavy atom. The van der Waals surface area contributed by atoms with Gasteiger partial charge in [0.1, 0.15) is 17.4 Å². The van der Waals surface area contributed by atoms with Gasteiger partial charge in [-0.05, 0) is 35.8 Å². The second-order valence-electron chi connectivity index (χ2n) is 5.84. The summed E-state index contributed by atoms with van der Waals surface area (Å²) in [6.07, 6.45) is 7.77. The molecule has 0 fully saturated rings. The molecule has 106 valence electrons. The van der Waals surface area contributed by atoms with E-state index in [-0.39, 0.29) is 11.9 Å². The van der Waals surface area contributed by atoms with Crippen LogP contribution in [0.25, 0.3) is 0 Å². The van der Waals surface area contributed by atoms with E-state index in [1.165, 1.54) is 0 Å². The second-order valence-corrected chi connectivity index (χ2v) is 5.84. The van der Waals surface area contributed by atoms with Gasteiger partial charge in [0.15, 0.2) is 0 Å². The van der Waals surface area contributed by atoms with Crippen LogP contribution in [-0.2, 0) is 17.6 Å². The minimum atomic E-state index is -0.692. The number of amidine groups is 1. The average molecular weight is 280 g/mol. The van der Waals surface area contributed by atoms with Gasteiger partial charge in [-0.25, -0.2) is 0 Å². The zero-order valence-corrected chi connectivity index (χ0v) is 11.5. The standard InChI is InChI=1S/C16H16N4O/c17-12-5-4-10-8-16(9-11(10)7-12)15(21)19-14(20-16)13-3-1-2-6-18-13/h1-2,4-7,13H,3,8-9,17H2,(H,19,20,21). The predicted octanol–water partition coefficient (Wildman–Crippen LogP) is 1.03. The van der Waals surface area contributed by atoms with Crippen LogP contribution in [0.5, 0.6) is 0 Å². The molecule has 2 aliphatic heterocycles. The lowest BCUT2D eigenvalue weighted by Crippen LogP contribution is -2.41. The quantitative estimate of drug-likeness (QED) is 0.754. The average Bonchev–Trinajstić information content (AvgIpc) is 3.00. The number of nitrogens with zero attached hydrogens (tertiary/aromatic N) is 2. The van der Waals surface area contributed by atoms with Crippen molar-refractivity contribution in [2.24, 2.45) is 9.98 Å². The van der Waals surface area contributed by atoms with E-state index < -0.39 is 5.54 Å². The van der Waals surface area contributed by atoms with Crippen molar-refractivity contribution in [3.05, 3.63) is 41.5 Å². The number of fused-ring (bicyclic) bond motifs is 1.